The first kappa shape index (κ1) is 10.2. The number of carbonyl (C=O) groups is 1. The number of nitrogens with zero attached hydrogens (tertiary/aromatic N) is 1. The summed E-state index contributed by atoms with van der Waals surface area (Å²) in [5.74, 6) is 0.414. The van der Waals surface area contributed by atoms with Crippen LogP contribution in [-0.4, -0.2) is 29.9 Å². The second-order valence-electron chi connectivity index (χ2n) is 4.09. The van der Waals surface area contributed by atoms with Gasteiger partial charge in [0.05, 0.1) is 6.26 Å². The lowest BCUT2D eigenvalue weighted by Crippen LogP contribution is -2.45. The summed E-state index contributed by atoms with van der Waals surface area (Å²) in [6.07, 6.45) is 3.53. The van der Waals surface area contributed by atoms with Gasteiger partial charge in [0.2, 0.25) is 0 Å². The van der Waals surface area contributed by atoms with Crippen LogP contribution in [0, 0.1) is 6.92 Å². The van der Waals surface area contributed by atoms with Gasteiger partial charge in [-0.05, 0) is 25.8 Å². The highest BCUT2D eigenvalue weighted by Gasteiger charge is 2.24. The summed E-state index contributed by atoms with van der Waals surface area (Å²) in [5, 5.41) is 0. The first-order valence-corrected chi connectivity index (χ1v) is 5.27. The summed E-state index contributed by atoms with van der Waals surface area (Å²) < 4.78 is 5.18. The summed E-state index contributed by atoms with van der Waals surface area (Å²) in [5.41, 5.74) is 6.72. The van der Waals surface area contributed by atoms with Crippen molar-refractivity contribution in [1.82, 2.24) is 4.90 Å². The quantitative estimate of drug-likeness (QED) is 0.753. The highest BCUT2D eigenvalue weighted by atomic mass is 16.3. The fourth-order valence-electron chi connectivity index (χ4n) is 1.93. The Labute approximate surface area is 89.0 Å². The molecule has 1 aliphatic rings. The van der Waals surface area contributed by atoms with Crippen LogP contribution >= 0.6 is 0 Å². The fraction of sp³-hybridized carbons (Fsp3) is 0.545. The molecule has 4 heteroatoms. The number of furan rings is 1. The SMILES string of the molecule is Cc1ccoc1C(=O)N1CCCC(N)C1. The number of hydrogen-bond donors (Lipinski definition) is 1. The molecule has 0 radical (unpaired) electrons. The number of rotatable bonds is 1. The van der Waals surface area contributed by atoms with Crippen LogP contribution in [-0.2, 0) is 0 Å². The molecular formula is C11H16N2O2. The topological polar surface area (TPSA) is 59.5 Å². The molecule has 0 bridgehead atoms. The van der Waals surface area contributed by atoms with Crippen LogP contribution in [0.1, 0.15) is 29.0 Å². The van der Waals surface area contributed by atoms with E-state index in [1.807, 2.05) is 6.92 Å². The number of hydrogen-bond acceptors (Lipinski definition) is 3. The van der Waals surface area contributed by atoms with Crippen LogP contribution < -0.4 is 5.73 Å². The lowest BCUT2D eigenvalue weighted by atomic mass is 10.1. The van der Waals surface area contributed by atoms with Crippen molar-refractivity contribution in [2.75, 3.05) is 13.1 Å². The molecule has 1 amide bonds. The summed E-state index contributed by atoms with van der Waals surface area (Å²) in [6.45, 7) is 3.30. The third-order valence-electron chi connectivity index (χ3n) is 2.80. The van der Waals surface area contributed by atoms with E-state index in [1.165, 1.54) is 0 Å². The minimum absolute atomic E-state index is 0.0346. The Balaban J connectivity index is 2.11. The Morgan fingerprint density at radius 1 is 1.67 bits per heavy atom. The van der Waals surface area contributed by atoms with Gasteiger partial charge in [0.15, 0.2) is 5.76 Å². The maximum Gasteiger partial charge on any atom is 0.289 e. The molecule has 2 rings (SSSR count). The van der Waals surface area contributed by atoms with Crippen LogP contribution in [0.5, 0.6) is 0 Å². The normalized spacial score (nSPS) is 21.7. The third-order valence-corrected chi connectivity index (χ3v) is 2.80. The van der Waals surface area contributed by atoms with Crippen LogP contribution in [0.15, 0.2) is 16.7 Å². The average Bonchev–Trinajstić information content (AvgIpc) is 2.63. The molecule has 1 aromatic rings. The van der Waals surface area contributed by atoms with Gasteiger partial charge in [-0.1, -0.05) is 0 Å². The zero-order chi connectivity index (χ0) is 10.8. The summed E-state index contributed by atoms with van der Waals surface area (Å²) in [4.78, 5) is 13.8. The first-order chi connectivity index (χ1) is 7.18. The summed E-state index contributed by atoms with van der Waals surface area (Å²) in [6, 6.07) is 1.91. The van der Waals surface area contributed by atoms with Gasteiger partial charge in [0.25, 0.3) is 5.91 Å². The van der Waals surface area contributed by atoms with E-state index in [0.717, 1.165) is 24.9 Å². The Kier molecular flexibility index (Phi) is 2.77. The van der Waals surface area contributed by atoms with Gasteiger partial charge in [-0.3, -0.25) is 4.79 Å². The Morgan fingerprint density at radius 3 is 3.07 bits per heavy atom. The minimum Gasteiger partial charge on any atom is -0.459 e. The zero-order valence-electron chi connectivity index (χ0n) is 8.90. The Bertz CT molecular complexity index is 359. The molecule has 82 valence electrons. The molecule has 1 aliphatic heterocycles. The van der Waals surface area contributed by atoms with Crippen molar-refractivity contribution in [1.29, 1.82) is 0 Å². The highest BCUT2D eigenvalue weighted by Crippen LogP contribution is 2.15. The van der Waals surface area contributed by atoms with Crippen LogP contribution in [0.25, 0.3) is 0 Å². The van der Waals surface area contributed by atoms with E-state index in [1.54, 1.807) is 17.2 Å². The van der Waals surface area contributed by atoms with Gasteiger partial charge in [-0.2, -0.15) is 0 Å². The lowest BCUT2D eigenvalue weighted by Gasteiger charge is -2.30. The predicted molar refractivity (Wildman–Crippen MR) is 56.6 cm³/mol. The van der Waals surface area contributed by atoms with Crippen molar-refractivity contribution in [3.63, 3.8) is 0 Å². The Morgan fingerprint density at radius 2 is 2.47 bits per heavy atom. The number of carbonyl (C=O) groups excluding carboxylic acids is 1. The van der Waals surface area contributed by atoms with E-state index < -0.39 is 0 Å². The predicted octanol–water partition coefficient (Wildman–Crippen LogP) is 1.15. The number of piperidine rings is 1. The van der Waals surface area contributed by atoms with Crippen molar-refractivity contribution in [3.05, 3.63) is 23.7 Å². The molecule has 0 saturated carbocycles. The molecule has 0 aliphatic carbocycles. The van der Waals surface area contributed by atoms with Crippen molar-refractivity contribution < 1.29 is 9.21 Å². The van der Waals surface area contributed by atoms with Gasteiger partial charge in [0, 0.05) is 24.7 Å². The van der Waals surface area contributed by atoms with Crippen LogP contribution in [0.3, 0.4) is 0 Å². The van der Waals surface area contributed by atoms with E-state index >= 15 is 0 Å². The molecule has 1 unspecified atom stereocenters. The largest absolute Gasteiger partial charge is 0.459 e. The number of nitrogens with two attached hydrogens (primary N) is 1. The van der Waals surface area contributed by atoms with E-state index in [-0.39, 0.29) is 11.9 Å². The summed E-state index contributed by atoms with van der Waals surface area (Å²) >= 11 is 0. The molecule has 4 nitrogen and oxygen atoms in total. The molecule has 1 atom stereocenters. The average molecular weight is 208 g/mol. The lowest BCUT2D eigenvalue weighted by molar-refractivity contribution is 0.0675. The molecule has 1 aromatic heterocycles. The molecule has 15 heavy (non-hydrogen) atoms. The van der Waals surface area contributed by atoms with Gasteiger partial charge in [-0.25, -0.2) is 0 Å². The molecule has 1 saturated heterocycles. The van der Waals surface area contributed by atoms with Gasteiger partial charge in [-0.15, -0.1) is 0 Å². The molecule has 2 heterocycles. The highest BCUT2D eigenvalue weighted by molar-refractivity contribution is 5.92. The standard InChI is InChI=1S/C11H16N2O2/c1-8-4-6-15-10(8)11(14)13-5-2-3-9(12)7-13/h4,6,9H,2-3,5,7,12H2,1H3. The third kappa shape index (κ3) is 2.04. The van der Waals surface area contributed by atoms with E-state index in [9.17, 15) is 4.79 Å². The second-order valence-corrected chi connectivity index (χ2v) is 4.09. The molecule has 2 N–H and O–H groups in total. The molecule has 1 fully saturated rings. The minimum atomic E-state index is -0.0346. The maximum absolute atomic E-state index is 12.0. The number of amides is 1. The Hall–Kier alpha value is -1.29. The van der Waals surface area contributed by atoms with Gasteiger partial charge < -0.3 is 15.1 Å². The molecular weight excluding hydrogens is 192 g/mol. The smallest absolute Gasteiger partial charge is 0.289 e. The van der Waals surface area contributed by atoms with Crippen LogP contribution in [0.4, 0.5) is 0 Å². The van der Waals surface area contributed by atoms with Crippen molar-refractivity contribution in [2.45, 2.75) is 25.8 Å². The van der Waals surface area contributed by atoms with E-state index in [0.29, 0.717) is 12.3 Å². The molecule has 0 spiro atoms. The van der Waals surface area contributed by atoms with E-state index in [4.69, 9.17) is 10.2 Å². The van der Waals surface area contributed by atoms with E-state index in [2.05, 4.69) is 0 Å². The second kappa shape index (κ2) is 4.06. The van der Waals surface area contributed by atoms with Crippen molar-refractivity contribution >= 4 is 5.91 Å². The number of aryl methyl sites for hydroxylation is 1. The van der Waals surface area contributed by atoms with Gasteiger partial charge in [0.1, 0.15) is 0 Å². The zero-order valence-corrected chi connectivity index (χ0v) is 8.90. The molecule has 0 aromatic carbocycles. The number of likely N-dealkylation sites (tertiary alicyclic amines) is 1. The van der Waals surface area contributed by atoms with Gasteiger partial charge >= 0.3 is 0 Å². The fourth-order valence-corrected chi connectivity index (χ4v) is 1.93. The first-order valence-electron chi connectivity index (χ1n) is 5.27. The van der Waals surface area contributed by atoms with Crippen molar-refractivity contribution in [3.8, 4) is 0 Å². The van der Waals surface area contributed by atoms with Crippen LogP contribution in [0.2, 0.25) is 0 Å². The summed E-state index contributed by atoms with van der Waals surface area (Å²) in [7, 11) is 0. The van der Waals surface area contributed by atoms with Crippen molar-refractivity contribution in [2.24, 2.45) is 5.73 Å². The maximum atomic E-state index is 12.0. The monoisotopic (exact) mass is 208 g/mol.